The maximum atomic E-state index is 12.3. The topological polar surface area (TPSA) is 113 Å². The van der Waals surface area contributed by atoms with Crippen LogP contribution in [0.1, 0.15) is 18.4 Å². The monoisotopic (exact) mass is 588 g/mol. The lowest BCUT2D eigenvalue weighted by Gasteiger charge is -2.29. The summed E-state index contributed by atoms with van der Waals surface area (Å²) in [7, 11) is 1.39. The summed E-state index contributed by atoms with van der Waals surface area (Å²) in [5.41, 5.74) is 1.42. The number of rotatable bonds is 5. The molecule has 4 rings (SSSR count). The first-order valence-electron chi connectivity index (χ1n) is 10.9. The molecule has 0 saturated carbocycles. The number of esters is 1. The smallest absolute Gasteiger partial charge is 0.337 e. The molecule has 2 aliphatic rings. The molecule has 9 nitrogen and oxygen atoms in total. The molecule has 1 aromatic carbocycles. The highest BCUT2D eigenvalue weighted by Gasteiger charge is 2.25. The molecule has 196 valence electrons. The minimum Gasteiger partial charge on any atom is -0.481 e. The van der Waals surface area contributed by atoms with Gasteiger partial charge in [0.15, 0.2) is 22.5 Å². The van der Waals surface area contributed by atoms with Crippen LogP contribution in [0, 0.1) is 11.6 Å². The fourth-order valence-corrected chi connectivity index (χ4v) is 3.82. The predicted molar refractivity (Wildman–Crippen MR) is 135 cm³/mol. The number of nitrogens with one attached hydrogen (secondary N) is 1. The average Bonchev–Trinajstić information content (AvgIpc) is 3.43. The van der Waals surface area contributed by atoms with E-state index in [-0.39, 0.29) is 16.9 Å². The van der Waals surface area contributed by atoms with E-state index < -0.39 is 17.6 Å². The number of thiazole rings is 1. The maximum absolute atomic E-state index is 12.3. The van der Waals surface area contributed by atoms with Crippen molar-refractivity contribution in [1.29, 1.82) is 0 Å². The van der Waals surface area contributed by atoms with Crippen molar-refractivity contribution < 1.29 is 33.0 Å². The summed E-state index contributed by atoms with van der Waals surface area (Å²) in [4.78, 5) is 32.3. The molecular formula is C23H27BrF2N4O5S. The van der Waals surface area contributed by atoms with Gasteiger partial charge >= 0.3 is 11.9 Å². The van der Waals surface area contributed by atoms with Gasteiger partial charge in [0.2, 0.25) is 0 Å². The van der Waals surface area contributed by atoms with Gasteiger partial charge in [-0.3, -0.25) is 14.7 Å². The van der Waals surface area contributed by atoms with Crippen LogP contribution in [0.25, 0.3) is 0 Å². The van der Waals surface area contributed by atoms with Crippen LogP contribution < -0.4 is 5.32 Å². The second kappa shape index (κ2) is 15.4. The van der Waals surface area contributed by atoms with Crippen molar-refractivity contribution in [3.05, 3.63) is 62.2 Å². The van der Waals surface area contributed by atoms with Gasteiger partial charge in [-0.1, -0.05) is 13.0 Å². The Balaban J connectivity index is 0.000000268. The molecule has 0 amide bonds. The molecule has 0 atom stereocenters. The van der Waals surface area contributed by atoms with Gasteiger partial charge in [-0.15, -0.1) is 11.3 Å². The summed E-state index contributed by atoms with van der Waals surface area (Å²) in [6, 6.07) is 3.95. The second-order valence-electron chi connectivity index (χ2n) is 7.25. The first-order valence-corrected chi connectivity index (χ1v) is 12.6. The summed E-state index contributed by atoms with van der Waals surface area (Å²) in [6.45, 7) is 5.70. The maximum Gasteiger partial charge on any atom is 0.337 e. The lowest BCUT2D eigenvalue weighted by Crippen LogP contribution is -2.42. The Morgan fingerprint density at radius 1 is 1.31 bits per heavy atom. The van der Waals surface area contributed by atoms with E-state index in [4.69, 9.17) is 14.6 Å². The minimum absolute atomic E-state index is 0.155. The van der Waals surface area contributed by atoms with E-state index in [1.54, 1.807) is 13.1 Å². The highest BCUT2D eigenvalue weighted by atomic mass is 79.9. The van der Waals surface area contributed by atoms with E-state index in [1.165, 1.54) is 30.6 Å². The molecule has 2 aromatic rings. The summed E-state index contributed by atoms with van der Waals surface area (Å²) in [6.07, 6.45) is 1.96. The quantitative estimate of drug-likeness (QED) is 0.403. The van der Waals surface area contributed by atoms with Crippen LogP contribution in [-0.2, 0) is 19.1 Å². The number of morpholine rings is 1. The van der Waals surface area contributed by atoms with Crippen molar-refractivity contribution in [3.8, 4) is 0 Å². The third-order valence-corrected chi connectivity index (χ3v) is 6.18. The number of methoxy groups -OCH3 is 1. The number of carboxylic acid groups (broad SMARTS) is 1. The first-order chi connectivity index (χ1) is 17.3. The van der Waals surface area contributed by atoms with Gasteiger partial charge in [0.25, 0.3) is 0 Å². The third-order valence-electron chi connectivity index (χ3n) is 4.79. The number of carbonyl (C=O) groups is 2. The molecule has 0 unspecified atom stereocenters. The van der Waals surface area contributed by atoms with Crippen LogP contribution in [0.4, 0.5) is 8.78 Å². The number of halogens is 3. The number of amidine groups is 1. The fraction of sp³-hybridized carbons (Fsp3) is 0.391. The highest BCUT2D eigenvalue weighted by Crippen LogP contribution is 2.17. The Morgan fingerprint density at radius 2 is 2.00 bits per heavy atom. The number of aromatic nitrogens is 1. The zero-order chi connectivity index (χ0) is 26.5. The van der Waals surface area contributed by atoms with Crippen molar-refractivity contribution in [2.75, 3.05) is 46.5 Å². The van der Waals surface area contributed by atoms with Gasteiger partial charge in [0.05, 0.1) is 36.9 Å². The van der Waals surface area contributed by atoms with Crippen LogP contribution >= 0.6 is 27.3 Å². The summed E-state index contributed by atoms with van der Waals surface area (Å²) in [5.74, 6) is -2.03. The van der Waals surface area contributed by atoms with Crippen LogP contribution in [0.15, 0.2) is 50.5 Å². The number of carbonyl (C=O) groups excluding carboxylic acids is 1. The third kappa shape index (κ3) is 9.37. The number of nitrogens with zero attached hydrogens (tertiary/aromatic N) is 3. The van der Waals surface area contributed by atoms with Gasteiger partial charge in [0.1, 0.15) is 0 Å². The van der Waals surface area contributed by atoms with E-state index in [0.29, 0.717) is 37.7 Å². The number of ether oxygens (including phenoxy) is 2. The molecule has 0 aliphatic carbocycles. The molecule has 1 fully saturated rings. The predicted octanol–water partition coefficient (Wildman–Crippen LogP) is 3.46. The Morgan fingerprint density at radius 3 is 2.53 bits per heavy atom. The van der Waals surface area contributed by atoms with Crippen molar-refractivity contribution >= 4 is 45.0 Å². The Labute approximate surface area is 220 Å². The Bertz CT molecular complexity index is 1060. The SMILES string of the molecule is CCC(=O)O.COC(=O)C1=C(CN2CCOCC2)NC(c2nccs2)=NC1.Fc1cccc(Br)c1F. The van der Waals surface area contributed by atoms with E-state index in [9.17, 15) is 18.4 Å². The summed E-state index contributed by atoms with van der Waals surface area (Å²) >= 11 is 4.35. The normalized spacial score (nSPS) is 15.4. The number of hydrogen-bond donors (Lipinski definition) is 2. The second-order valence-corrected chi connectivity index (χ2v) is 9.00. The number of aliphatic carboxylic acids is 1. The minimum atomic E-state index is -0.836. The number of aliphatic imine (C=N–C) groups is 1. The molecule has 13 heteroatoms. The molecule has 1 saturated heterocycles. The average molecular weight is 589 g/mol. The number of carboxylic acids is 1. The van der Waals surface area contributed by atoms with Crippen LogP contribution in [0.3, 0.4) is 0 Å². The van der Waals surface area contributed by atoms with E-state index in [0.717, 1.165) is 29.9 Å². The standard InChI is InChI=1S/C14H18N4O3S.C6H3BrF2.C3H6O2/c1-20-14(19)10-8-16-12(13-15-2-7-22-13)17-11(10)9-18-3-5-21-6-4-18;7-4-2-1-3-5(8)6(4)9;1-2-3(4)5/h2,7H,3-6,8-9H2,1H3,(H,16,17);1-3H;2H2,1H3,(H,4,5). The molecule has 0 spiro atoms. The van der Waals surface area contributed by atoms with Crippen molar-refractivity contribution in [3.63, 3.8) is 0 Å². The number of hydrogen-bond acceptors (Lipinski definition) is 9. The fourth-order valence-electron chi connectivity index (χ4n) is 2.88. The van der Waals surface area contributed by atoms with E-state index >= 15 is 0 Å². The van der Waals surface area contributed by atoms with Gasteiger partial charge in [-0.2, -0.15) is 0 Å². The largest absolute Gasteiger partial charge is 0.481 e. The van der Waals surface area contributed by atoms with Crippen LogP contribution in [-0.4, -0.2) is 79.3 Å². The van der Waals surface area contributed by atoms with Crippen molar-refractivity contribution in [1.82, 2.24) is 15.2 Å². The molecule has 0 bridgehead atoms. The zero-order valence-corrected chi connectivity index (χ0v) is 22.2. The molecule has 1 aromatic heterocycles. The first kappa shape index (κ1) is 29.5. The zero-order valence-electron chi connectivity index (χ0n) is 19.8. The van der Waals surface area contributed by atoms with Gasteiger partial charge in [-0.25, -0.2) is 18.6 Å². The molecule has 3 heterocycles. The van der Waals surface area contributed by atoms with Crippen molar-refractivity contribution in [2.24, 2.45) is 4.99 Å². The Hall–Kier alpha value is -2.74. The molecule has 2 aliphatic heterocycles. The summed E-state index contributed by atoms with van der Waals surface area (Å²) in [5, 5.41) is 13.7. The lowest BCUT2D eigenvalue weighted by molar-refractivity contribution is -0.137. The molecule has 36 heavy (non-hydrogen) atoms. The lowest BCUT2D eigenvalue weighted by atomic mass is 10.1. The van der Waals surface area contributed by atoms with Crippen LogP contribution in [0.2, 0.25) is 0 Å². The molecule has 0 radical (unpaired) electrons. The molecule has 2 N–H and O–H groups in total. The van der Waals surface area contributed by atoms with Crippen molar-refractivity contribution in [2.45, 2.75) is 13.3 Å². The van der Waals surface area contributed by atoms with Gasteiger partial charge < -0.3 is 19.9 Å². The Kier molecular flexibility index (Phi) is 12.6. The van der Waals surface area contributed by atoms with Gasteiger partial charge in [-0.05, 0) is 28.1 Å². The van der Waals surface area contributed by atoms with Crippen LogP contribution in [0.5, 0.6) is 0 Å². The van der Waals surface area contributed by atoms with E-state index in [1.807, 2.05) is 5.38 Å². The van der Waals surface area contributed by atoms with E-state index in [2.05, 4.69) is 36.1 Å². The highest BCUT2D eigenvalue weighted by molar-refractivity contribution is 9.10. The number of benzene rings is 1. The van der Waals surface area contributed by atoms with Gasteiger partial charge in [0, 0.05) is 43.3 Å². The molecular weight excluding hydrogens is 562 g/mol. The summed E-state index contributed by atoms with van der Waals surface area (Å²) < 4.78 is 34.9.